The van der Waals surface area contributed by atoms with Gasteiger partial charge in [0.2, 0.25) is 0 Å². The Morgan fingerprint density at radius 1 is 1.14 bits per heavy atom. The van der Waals surface area contributed by atoms with E-state index in [-0.39, 0.29) is 0 Å². The maximum Gasteiger partial charge on any atom is 0.0447 e. The van der Waals surface area contributed by atoms with Gasteiger partial charge < -0.3 is 4.90 Å². The predicted octanol–water partition coefficient (Wildman–Crippen LogP) is 5.63. The fourth-order valence-electron chi connectivity index (χ4n) is 4.53. The first-order valence-corrected chi connectivity index (χ1v) is 8.70. The van der Waals surface area contributed by atoms with Crippen LogP contribution in [0.2, 0.25) is 0 Å². The summed E-state index contributed by atoms with van der Waals surface area (Å²) in [6.07, 6.45) is 14.3. The van der Waals surface area contributed by atoms with Crippen molar-refractivity contribution in [2.24, 2.45) is 0 Å². The van der Waals surface area contributed by atoms with E-state index in [0.29, 0.717) is 6.04 Å². The van der Waals surface area contributed by atoms with Crippen molar-refractivity contribution < 1.29 is 0 Å². The van der Waals surface area contributed by atoms with Gasteiger partial charge in [0.25, 0.3) is 0 Å². The van der Waals surface area contributed by atoms with E-state index >= 15 is 0 Å². The molecule has 0 aromatic heterocycles. The van der Waals surface area contributed by atoms with Gasteiger partial charge in [0.15, 0.2) is 0 Å². The van der Waals surface area contributed by atoms with Crippen molar-refractivity contribution in [3.05, 3.63) is 65.4 Å². The summed E-state index contributed by atoms with van der Waals surface area (Å²) in [6.45, 7) is 6.13. The van der Waals surface area contributed by atoms with Gasteiger partial charge in [-0.05, 0) is 55.9 Å². The zero-order chi connectivity index (χ0) is 15.1. The molecule has 22 heavy (non-hydrogen) atoms. The maximum absolute atomic E-state index is 3.91. The Kier molecular flexibility index (Phi) is 3.44. The summed E-state index contributed by atoms with van der Waals surface area (Å²) in [6, 6.07) is 7.76. The number of fused-ring (bicyclic) bond motifs is 3. The number of allylic oxidation sites excluding steroid dienone is 5. The Labute approximate surface area is 134 Å². The Balaban J connectivity index is 1.77. The van der Waals surface area contributed by atoms with Crippen molar-refractivity contribution in [3.8, 4) is 0 Å². The van der Waals surface area contributed by atoms with Crippen LogP contribution in [0.1, 0.15) is 55.6 Å². The van der Waals surface area contributed by atoms with Crippen LogP contribution in [0.5, 0.6) is 0 Å². The normalized spacial score (nSPS) is 26.9. The summed E-state index contributed by atoms with van der Waals surface area (Å²) in [5.74, 6) is 0.745. The van der Waals surface area contributed by atoms with Crippen molar-refractivity contribution in [2.45, 2.75) is 57.4 Å². The third kappa shape index (κ3) is 2.15. The summed E-state index contributed by atoms with van der Waals surface area (Å²) >= 11 is 0. The van der Waals surface area contributed by atoms with Gasteiger partial charge in [-0.15, -0.1) is 0 Å². The highest BCUT2D eigenvalue weighted by Crippen LogP contribution is 2.50. The summed E-state index contributed by atoms with van der Waals surface area (Å²) in [5.41, 5.74) is 7.35. The minimum absolute atomic E-state index is 0.690. The SMILES string of the molecule is C=CC1=CC=C(N2c3ccc(C)cc3C3CCCCC32)CC1. The van der Waals surface area contributed by atoms with Gasteiger partial charge in [0.05, 0.1) is 0 Å². The lowest BCUT2D eigenvalue weighted by Gasteiger charge is -2.36. The topological polar surface area (TPSA) is 3.24 Å². The Morgan fingerprint density at radius 3 is 2.77 bits per heavy atom. The molecule has 1 saturated carbocycles. The number of hydrogen-bond acceptors (Lipinski definition) is 1. The Morgan fingerprint density at radius 2 is 2.00 bits per heavy atom. The minimum atomic E-state index is 0.690. The quantitative estimate of drug-likeness (QED) is 0.682. The third-order valence-electron chi connectivity index (χ3n) is 5.63. The average Bonchev–Trinajstić information content (AvgIpc) is 2.89. The van der Waals surface area contributed by atoms with Crippen molar-refractivity contribution >= 4 is 5.69 Å². The number of hydrogen-bond donors (Lipinski definition) is 0. The van der Waals surface area contributed by atoms with Gasteiger partial charge in [0, 0.05) is 23.3 Å². The molecule has 1 aromatic rings. The molecule has 1 nitrogen and oxygen atoms in total. The molecule has 0 N–H and O–H groups in total. The van der Waals surface area contributed by atoms with Gasteiger partial charge in [-0.25, -0.2) is 0 Å². The van der Waals surface area contributed by atoms with Crippen LogP contribution in [-0.4, -0.2) is 6.04 Å². The lowest BCUT2D eigenvalue weighted by molar-refractivity contribution is 0.395. The molecule has 0 amide bonds. The number of rotatable bonds is 2. The molecule has 1 aromatic carbocycles. The molecule has 0 bridgehead atoms. The summed E-state index contributed by atoms with van der Waals surface area (Å²) in [7, 11) is 0. The predicted molar refractivity (Wildman–Crippen MR) is 94.3 cm³/mol. The van der Waals surface area contributed by atoms with Gasteiger partial charge in [-0.2, -0.15) is 0 Å². The van der Waals surface area contributed by atoms with Gasteiger partial charge in [0.1, 0.15) is 0 Å². The van der Waals surface area contributed by atoms with Crippen LogP contribution in [0.3, 0.4) is 0 Å². The molecular formula is C21H25N. The van der Waals surface area contributed by atoms with Crippen LogP contribution in [0, 0.1) is 6.92 Å². The van der Waals surface area contributed by atoms with Gasteiger partial charge in [-0.1, -0.05) is 49.3 Å². The van der Waals surface area contributed by atoms with Crippen LogP contribution in [0.25, 0.3) is 0 Å². The Hall–Kier alpha value is -1.76. The average molecular weight is 291 g/mol. The Bertz CT molecular complexity index is 664. The summed E-state index contributed by atoms with van der Waals surface area (Å²) in [4.78, 5) is 2.68. The van der Waals surface area contributed by atoms with Crippen LogP contribution in [0.4, 0.5) is 5.69 Å². The largest absolute Gasteiger partial charge is 0.341 e. The molecule has 2 atom stereocenters. The smallest absolute Gasteiger partial charge is 0.0447 e. The second-order valence-electron chi connectivity index (χ2n) is 6.99. The van der Waals surface area contributed by atoms with Crippen LogP contribution in [-0.2, 0) is 0 Å². The van der Waals surface area contributed by atoms with Crippen LogP contribution in [0.15, 0.2) is 54.3 Å². The van der Waals surface area contributed by atoms with Crippen molar-refractivity contribution in [2.75, 3.05) is 4.90 Å². The van der Waals surface area contributed by atoms with E-state index in [1.807, 2.05) is 6.08 Å². The highest BCUT2D eigenvalue weighted by atomic mass is 15.2. The molecule has 2 aliphatic carbocycles. The zero-order valence-electron chi connectivity index (χ0n) is 13.5. The van der Waals surface area contributed by atoms with E-state index < -0.39 is 0 Å². The van der Waals surface area contributed by atoms with Gasteiger partial charge >= 0.3 is 0 Å². The highest BCUT2D eigenvalue weighted by molar-refractivity contribution is 5.67. The molecule has 1 heteroatoms. The van der Waals surface area contributed by atoms with E-state index in [9.17, 15) is 0 Å². The van der Waals surface area contributed by atoms with E-state index in [1.165, 1.54) is 48.2 Å². The fourth-order valence-corrected chi connectivity index (χ4v) is 4.53. The monoisotopic (exact) mass is 291 g/mol. The molecule has 4 rings (SSSR count). The van der Waals surface area contributed by atoms with Crippen LogP contribution >= 0.6 is 0 Å². The molecule has 3 aliphatic rings. The molecule has 0 radical (unpaired) electrons. The molecule has 1 heterocycles. The zero-order valence-corrected chi connectivity index (χ0v) is 13.5. The number of nitrogens with zero attached hydrogens (tertiary/aromatic N) is 1. The number of aryl methyl sites for hydroxylation is 1. The van der Waals surface area contributed by atoms with E-state index in [0.717, 1.165) is 18.8 Å². The second-order valence-corrected chi connectivity index (χ2v) is 6.99. The van der Waals surface area contributed by atoms with Crippen molar-refractivity contribution in [3.63, 3.8) is 0 Å². The molecule has 1 fully saturated rings. The fraction of sp³-hybridized carbons (Fsp3) is 0.429. The summed E-state index contributed by atoms with van der Waals surface area (Å²) in [5, 5.41) is 0. The molecule has 114 valence electrons. The molecule has 0 spiro atoms. The first-order chi connectivity index (χ1) is 10.8. The lowest BCUT2D eigenvalue weighted by Crippen LogP contribution is -2.35. The first kappa shape index (κ1) is 13.9. The molecule has 0 saturated heterocycles. The van der Waals surface area contributed by atoms with Crippen molar-refractivity contribution in [1.29, 1.82) is 0 Å². The van der Waals surface area contributed by atoms with E-state index in [1.54, 1.807) is 5.56 Å². The van der Waals surface area contributed by atoms with Gasteiger partial charge in [-0.3, -0.25) is 0 Å². The van der Waals surface area contributed by atoms with E-state index in [2.05, 4.69) is 48.8 Å². The highest BCUT2D eigenvalue weighted by Gasteiger charge is 2.40. The van der Waals surface area contributed by atoms with Crippen LogP contribution < -0.4 is 4.90 Å². The first-order valence-electron chi connectivity index (χ1n) is 8.70. The maximum atomic E-state index is 3.91. The standard InChI is InChI=1S/C21H25N/c1-3-16-9-11-17(12-10-16)22-20-7-5-4-6-18(20)19-14-15(2)8-13-21(19)22/h3,8-9,11,13-14,18,20H,1,4-7,10,12H2,2H3. The van der Waals surface area contributed by atoms with E-state index in [4.69, 9.17) is 0 Å². The molecule has 2 unspecified atom stereocenters. The minimum Gasteiger partial charge on any atom is -0.341 e. The lowest BCUT2D eigenvalue weighted by atomic mass is 9.82. The summed E-state index contributed by atoms with van der Waals surface area (Å²) < 4.78 is 0. The second kappa shape index (κ2) is 5.46. The molecular weight excluding hydrogens is 266 g/mol. The molecule has 1 aliphatic heterocycles. The number of benzene rings is 1. The third-order valence-corrected chi connectivity index (χ3v) is 5.63. The number of anilines is 1. The van der Waals surface area contributed by atoms with Crippen molar-refractivity contribution in [1.82, 2.24) is 0 Å².